The number of hydrogen-bond acceptors (Lipinski definition) is 6. The Bertz CT molecular complexity index is 908. The Morgan fingerprint density at radius 1 is 0.943 bits per heavy atom. The Balaban J connectivity index is 1.29. The van der Waals surface area contributed by atoms with E-state index in [-0.39, 0.29) is 28.7 Å². The van der Waals surface area contributed by atoms with E-state index in [1.54, 1.807) is 0 Å². The topological polar surface area (TPSA) is 82.8 Å². The highest BCUT2D eigenvalue weighted by molar-refractivity contribution is 5.82. The Kier molecular flexibility index (Phi) is 6.94. The van der Waals surface area contributed by atoms with E-state index in [4.69, 9.17) is 4.42 Å². The highest BCUT2D eigenvalue weighted by Crippen LogP contribution is 2.49. The first-order valence-electron chi connectivity index (χ1n) is 13.9. The van der Waals surface area contributed by atoms with E-state index in [2.05, 4.69) is 40.8 Å². The SMILES string of the molecule is CC(C)c1nnc(C2CC3(CCN(C(=O)C4(C)CCCCC4)CC3)CN2CC(=O)N2CCCC2)o1. The van der Waals surface area contributed by atoms with Crippen LogP contribution in [0.25, 0.3) is 0 Å². The number of rotatable bonds is 5. The van der Waals surface area contributed by atoms with Gasteiger partial charge in [0.05, 0.1) is 12.6 Å². The van der Waals surface area contributed by atoms with Crippen molar-refractivity contribution in [1.82, 2.24) is 24.9 Å². The van der Waals surface area contributed by atoms with Crippen LogP contribution in [0.1, 0.15) is 109 Å². The Labute approximate surface area is 209 Å². The normalized spacial score (nSPS) is 26.7. The molecule has 0 radical (unpaired) electrons. The van der Waals surface area contributed by atoms with Crippen LogP contribution in [0.4, 0.5) is 0 Å². The second-order valence-electron chi connectivity index (χ2n) is 12.3. The van der Waals surface area contributed by atoms with Crippen molar-refractivity contribution in [3.05, 3.63) is 11.8 Å². The largest absolute Gasteiger partial charge is 0.423 e. The van der Waals surface area contributed by atoms with Crippen molar-refractivity contribution < 1.29 is 14.0 Å². The first kappa shape index (κ1) is 24.7. The summed E-state index contributed by atoms with van der Waals surface area (Å²) in [6.45, 7) is 10.9. The van der Waals surface area contributed by atoms with Gasteiger partial charge in [0, 0.05) is 44.1 Å². The highest BCUT2D eigenvalue weighted by Gasteiger charge is 2.50. The number of nitrogens with zero attached hydrogens (tertiary/aromatic N) is 5. The Morgan fingerprint density at radius 3 is 2.26 bits per heavy atom. The lowest BCUT2D eigenvalue weighted by atomic mass is 9.72. The fraction of sp³-hybridized carbons (Fsp3) is 0.852. The zero-order chi connectivity index (χ0) is 24.6. The van der Waals surface area contributed by atoms with E-state index in [9.17, 15) is 9.59 Å². The van der Waals surface area contributed by atoms with Gasteiger partial charge in [-0.3, -0.25) is 14.5 Å². The van der Waals surface area contributed by atoms with E-state index < -0.39 is 0 Å². The fourth-order valence-electron chi connectivity index (χ4n) is 6.88. The molecule has 1 atom stereocenters. The van der Waals surface area contributed by atoms with Crippen molar-refractivity contribution in [2.24, 2.45) is 10.8 Å². The maximum atomic E-state index is 13.4. The molecule has 1 saturated carbocycles. The van der Waals surface area contributed by atoms with Crippen LogP contribution in [0.5, 0.6) is 0 Å². The number of piperidine rings is 1. The zero-order valence-corrected chi connectivity index (χ0v) is 21.9. The summed E-state index contributed by atoms with van der Waals surface area (Å²) in [5.41, 5.74) is -0.0845. The third kappa shape index (κ3) is 5.00. The molecule has 3 aliphatic heterocycles. The fourth-order valence-corrected chi connectivity index (χ4v) is 6.88. The van der Waals surface area contributed by atoms with Gasteiger partial charge in [0.2, 0.25) is 23.6 Å². The van der Waals surface area contributed by atoms with Gasteiger partial charge in [0.1, 0.15) is 0 Å². The van der Waals surface area contributed by atoms with Gasteiger partial charge < -0.3 is 14.2 Å². The standard InChI is InChI=1S/C27H43N5O3/c1-20(2)23-28-29-24(35-23)21-17-27(19-32(21)18-22(33)30-13-7-8-14-30)11-15-31(16-12-27)25(34)26(3)9-5-4-6-10-26/h20-21H,4-19H2,1-3H3. The molecule has 1 spiro atoms. The number of amides is 2. The maximum absolute atomic E-state index is 13.4. The van der Waals surface area contributed by atoms with E-state index in [1.807, 2.05) is 4.90 Å². The van der Waals surface area contributed by atoms with Crippen molar-refractivity contribution in [1.29, 1.82) is 0 Å². The molecule has 1 aromatic rings. The van der Waals surface area contributed by atoms with Crippen LogP contribution in [0.15, 0.2) is 4.42 Å². The molecule has 5 rings (SSSR count). The van der Waals surface area contributed by atoms with Crippen molar-refractivity contribution in [3.8, 4) is 0 Å². The zero-order valence-electron chi connectivity index (χ0n) is 21.9. The number of carbonyl (C=O) groups excluding carboxylic acids is 2. The number of aromatic nitrogens is 2. The van der Waals surface area contributed by atoms with Crippen molar-refractivity contribution >= 4 is 11.8 Å². The molecule has 8 heteroatoms. The molecule has 0 N–H and O–H groups in total. The summed E-state index contributed by atoms with van der Waals surface area (Å²) in [5.74, 6) is 2.06. The average Bonchev–Trinajstić information content (AvgIpc) is 3.60. The number of carbonyl (C=O) groups is 2. The first-order chi connectivity index (χ1) is 16.8. The highest BCUT2D eigenvalue weighted by atomic mass is 16.4. The number of hydrogen-bond donors (Lipinski definition) is 0. The molecule has 1 aliphatic carbocycles. The first-order valence-corrected chi connectivity index (χ1v) is 13.9. The van der Waals surface area contributed by atoms with E-state index in [0.29, 0.717) is 24.2 Å². The van der Waals surface area contributed by atoms with Gasteiger partial charge in [-0.25, -0.2) is 0 Å². The third-order valence-electron chi connectivity index (χ3n) is 9.22. The van der Waals surface area contributed by atoms with Gasteiger partial charge in [-0.1, -0.05) is 40.0 Å². The van der Waals surface area contributed by atoms with Gasteiger partial charge in [-0.05, 0) is 50.4 Å². The van der Waals surface area contributed by atoms with Gasteiger partial charge in [0.15, 0.2) is 0 Å². The quantitative estimate of drug-likeness (QED) is 0.623. The van der Waals surface area contributed by atoms with E-state index in [0.717, 1.165) is 77.7 Å². The Morgan fingerprint density at radius 2 is 1.63 bits per heavy atom. The third-order valence-corrected chi connectivity index (χ3v) is 9.22. The lowest BCUT2D eigenvalue weighted by Crippen LogP contribution is -2.50. The summed E-state index contributed by atoms with van der Waals surface area (Å²) in [6.07, 6.45) is 10.7. The predicted octanol–water partition coefficient (Wildman–Crippen LogP) is 4.14. The van der Waals surface area contributed by atoms with Crippen LogP contribution in [0.2, 0.25) is 0 Å². The maximum Gasteiger partial charge on any atom is 0.236 e. The molecule has 1 aromatic heterocycles. The number of likely N-dealkylation sites (tertiary alicyclic amines) is 3. The minimum absolute atomic E-state index is 0.0281. The summed E-state index contributed by atoms with van der Waals surface area (Å²) < 4.78 is 6.10. The monoisotopic (exact) mass is 485 g/mol. The van der Waals surface area contributed by atoms with Crippen LogP contribution >= 0.6 is 0 Å². The summed E-state index contributed by atoms with van der Waals surface area (Å²) in [7, 11) is 0. The molecule has 3 saturated heterocycles. The molecule has 1 unspecified atom stereocenters. The van der Waals surface area contributed by atoms with Gasteiger partial charge in [-0.2, -0.15) is 0 Å². The molecule has 0 aromatic carbocycles. The smallest absolute Gasteiger partial charge is 0.236 e. The lowest BCUT2D eigenvalue weighted by Gasteiger charge is -2.43. The average molecular weight is 486 g/mol. The summed E-state index contributed by atoms with van der Waals surface area (Å²) in [6, 6.07) is -0.0281. The second kappa shape index (κ2) is 9.83. The van der Waals surface area contributed by atoms with Crippen LogP contribution in [-0.4, -0.2) is 76.0 Å². The van der Waals surface area contributed by atoms with Gasteiger partial charge in [0.25, 0.3) is 0 Å². The molecule has 0 bridgehead atoms. The van der Waals surface area contributed by atoms with Crippen LogP contribution in [-0.2, 0) is 9.59 Å². The second-order valence-corrected chi connectivity index (χ2v) is 12.3. The van der Waals surface area contributed by atoms with Crippen molar-refractivity contribution in [2.45, 2.75) is 96.9 Å². The summed E-state index contributed by atoms with van der Waals surface area (Å²) >= 11 is 0. The minimum atomic E-state index is -0.174. The predicted molar refractivity (Wildman–Crippen MR) is 133 cm³/mol. The summed E-state index contributed by atoms with van der Waals surface area (Å²) in [5, 5.41) is 8.71. The van der Waals surface area contributed by atoms with Gasteiger partial charge >= 0.3 is 0 Å². The van der Waals surface area contributed by atoms with Crippen molar-refractivity contribution in [2.75, 3.05) is 39.3 Å². The molecule has 4 fully saturated rings. The van der Waals surface area contributed by atoms with E-state index in [1.165, 1.54) is 19.3 Å². The molecular formula is C27H43N5O3. The van der Waals surface area contributed by atoms with Crippen molar-refractivity contribution in [3.63, 3.8) is 0 Å². The molecule has 8 nitrogen and oxygen atoms in total. The molecule has 194 valence electrons. The molecule has 35 heavy (non-hydrogen) atoms. The summed E-state index contributed by atoms with van der Waals surface area (Å²) in [4.78, 5) is 32.9. The molecular weight excluding hydrogens is 442 g/mol. The van der Waals surface area contributed by atoms with Crippen LogP contribution in [0.3, 0.4) is 0 Å². The van der Waals surface area contributed by atoms with Crippen LogP contribution in [0, 0.1) is 10.8 Å². The molecule has 2 amide bonds. The molecule has 4 heterocycles. The molecule has 4 aliphatic rings. The van der Waals surface area contributed by atoms with Gasteiger partial charge in [-0.15, -0.1) is 10.2 Å². The van der Waals surface area contributed by atoms with Crippen LogP contribution < -0.4 is 0 Å². The lowest BCUT2D eigenvalue weighted by molar-refractivity contribution is -0.145. The van der Waals surface area contributed by atoms with E-state index >= 15 is 0 Å². The Hall–Kier alpha value is -1.96. The minimum Gasteiger partial charge on any atom is -0.423 e.